The summed E-state index contributed by atoms with van der Waals surface area (Å²) in [5.74, 6) is -0.789. The minimum Gasteiger partial charge on any atom is -0.342 e. The first-order valence-electron chi connectivity index (χ1n) is 9.96. The van der Waals surface area contributed by atoms with Crippen LogP contribution in [0.3, 0.4) is 0 Å². The molecule has 0 aliphatic carbocycles. The lowest BCUT2D eigenvalue weighted by Gasteiger charge is -2.08. The summed E-state index contributed by atoms with van der Waals surface area (Å²) in [6.45, 7) is 2.38. The number of carbonyl (C=O) groups excluding carboxylic acids is 1. The van der Waals surface area contributed by atoms with Gasteiger partial charge in [0.2, 0.25) is 0 Å². The number of aromatic nitrogens is 1. The molecule has 4 aromatic rings. The second kappa shape index (κ2) is 9.09. The number of aryl methyl sites for hydroxylation is 1. The lowest BCUT2D eigenvalue weighted by Crippen LogP contribution is -2.14. The number of nitrogens with zero attached hydrogens (tertiary/aromatic N) is 2. The molecule has 3 aromatic carbocycles. The minimum atomic E-state index is -0.506. The number of hydrogen-bond acceptors (Lipinski definition) is 2. The van der Waals surface area contributed by atoms with Gasteiger partial charge in [0.1, 0.15) is 17.5 Å². The maximum absolute atomic E-state index is 13.3. The van der Waals surface area contributed by atoms with Crippen LogP contribution in [0.1, 0.15) is 16.7 Å². The van der Waals surface area contributed by atoms with Crippen LogP contribution in [0, 0.1) is 24.1 Å². The number of fused-ring (bicyclic) bond motifs is 1. The van der Waals surface area contributed by atoms with E-state index in [0.29, 0.717) is 17.3 Å². The van der Waals surface area contributed by atoms with Crippen molar-refractivity contribution in [2.45, 2.75) is 13.5 Å². The van der Waals surface area contributed by atoms with Crippen molar-refractivity contribution < 1.29 is 9.18 Å². The second-order valence-electron chi connectivity index (χ2n) is 7.44. The zero-order chi connectivity index (χ0) is 22.7. The summed E-state index contributed by atoms with van der Waals surface area (Å²) >= 11 is 6.03. The first kappa shape index (κ1) is 21.4. The van der Waals surface area contributed by atoms with Gasteiger partial charge in [-0.3, -0.25) is 4.79 Å². The number of nitrogens with one attached hydrogen (secondary N) is 1. The molecule has 0 saturated heterocycles. The van der Waals surface area contributed by atoms with Gasteiger partial charge in [0.15, 0.2) is 0 Å². The first-order chi connectivity index (χ1) is 15.4. The zero-order valence-corrected chi connectivity index (χ0v) is 18.0. The highest BCUT2D eigenvalue weighted by atomic mass is 35.5. The normalized spacial score (nSPS) is 11.4. The Morgan fingerprint density at radius 1 is 1.16 bits per heavy atom. The van der Waals surface area contributed by atoms with E-state index in [1.807, 2.05) is 48.0 Å². The summed E-state index contributed by atoms with van der Waals surface area (Å²) < 4.78 is 15.3. The Morgan fingerprint density at radius 2 is 1.91 bits per heavy atom. The topological polar surface area (TPSA) is 57.8 Å². The molecule has 1 amide bonds. The summed E-state index contributed by atoms with van der Waals surface area (Å²) in [5.41, 5.74) is 4.02. The lowest BCUT2D eigenvalue weighted by atomic mass is 10.1. The monoisotopic (exact) mass is 443 g/mol. The van der Waals surface area contributed by atoms with Crippen LogP contribution in [0.2, 0.25) is 5.02 Å². The average molecular weight is 444 g/mol. The van der Waals surface area contributed by atoms with Gasteiger partial charge in [0.25, 0.3) is 5.91 Å². The van der Waals surface area contributed by atoms with E-state index in [2.05, 4.69) is 5.32 Å². The molecule has 0 atom stereocenters. The largest absolute Gasteiger partial charge is 0.342 e. The molecular formula is C26H19ClFN3O. The van der Waals surface area contributed by atoms with E-state index in [9.17, 15) is 14.4 Å². The quantitative estimate of drug-likeness (QED) is 0.289. The highest BCUT2D eigenvalue weighted by molar-refractivity contribution is 6.31. The maximum atomic E-state index is 13.3. The third kappa shape index (κ3) is 4.56. The smallest absolute Gasteiger partial charge is 0.266 e. The molecule has 1 heterocycles. The molecule has 0 unspecified atom stereocenters. The fourth-order valence-corrected chi connectivity index (χ4v) is 3.70. The maximum Gasteiger partial charge on any atom is 0.266 e. The van der Waals surface area contributed by atoms with Gasteiger partial charge in [-0.15, -0.1) is 0 Å². The van der Waals surface area contributed by atoms with Crippen LogP contribution in [-0.2, 0) is 11.3 Å². The van der Waals surface area contributed by atoms with Crippen LogP contribution >= 0.6 is 11.6 Å². The van der Waals surface area contributed by atoms with Gasteiger partial charge in [-0.2, -0.15) is 5.26 Å². The van der Waals surface area contributed by atoms with Crippen molar-refractivity contribution in [1.29, 1.82) is 5.26 Å². The van der Waals surface area contributed by atoms with Gasteiger partial charge in [-0.25, -0.2) is 4.39 Å². The molecule has 6 heteroatoms. The van der Waals surface area contributed by atoms with Crippen molar-refractivity contribution in [2.75, 3.05) is 5.32 Å². The van der Waals surface area contributed by atoms with Gasteiger partial charge in [-0.05, 0) is 54.5 Å². The molecule has 32 heavy (non-hydrogen) atoms. The molecule has 158 valence electrons. The van der Waals surface area contributed by atoms with Crippen LogP contribution < -0.4 is 5.32 Å². The third-order valence-electron chi connectivity index (χ3n) is 5.20. The number of hydrogen-bond donors (Lipinski definition) is 1. The Hall–Kier alpha value is -3.88. The van der Waals surface area contributed by atoms with Crippen LogP contribution in [0.4, 0.5) is 10.1 Å². The minimum absolute atomic E-state index is 0.0194. The summed E-state index contributed by atoms with van der Waals surface area (Å²) in [4.78, 5) is 12.8. The molecule has 4 nitrogen and oxygen atoms in total. The van der Waals surface area contributed by atoms with E-state index in [1.54, 1.807) is 36.4 Å². The van der Waals surface area contributed by atoms with Gasteiger partial charge < -0.3 is 9.88 Å². The molecule has 0 bridgehead atoms. The highest BCUT2D eigenvalue weighted by Crippen LogP contribution is 2.26. The molecule has 1 N–H and O–H groups in total. The second-order valence-corrected chi connectivity index (χ2v) is 7.88. The van der Waals surface area contributed by atoms with Crippen LogP contribution in [-0.4, -0.2) is 10.5 Å². The third-order valence-corrected chi connectivity index (χ3v) is 5.43. The lowest BCUT2D eigenvalue weighted by molar-refractivity contribution is -0.112. The van der Waals surface area contributed by atoms with E-state index in [0.717, 1.165) is 27.6 Å². The highest BCUT2D eigenvalue weighted by Gasteiger charge is 2.14. The molecule has 0 spiro atoms. The number of halogens is 2. The summed E-state index contributed by atoms with van der Waals surface area (Å²) in [7, 11) is 0. The van der Waals surface area contributed by atoms with E-state index in [1.165, 1.54) is 12.1 Å². The van der Waals surface area contributed by atoms with Crippen molar-refractivity contribution in [3.05, 3.63) is 106 Å². The van der Waals surface area contributed by atoms with Gasteiger partial charge in [0.05, 0.1) is 0 Å². The summed E-state index contributed by atoms with van der Waals surface area (Å²) in [5, 5.41) is 13.8. The molecule has 0 aliphatic heterocycles. The Labute approximate surface area is 190 Å². The molecule has 0 aliphatic rings. The number of para-hydroxylation sites is 1. The van der Waals surface area contributed by atoms with E-state index < -0.39 is 5.91 Å². The van der Waals surface area contributed by atoms with Crippen molar-refractivity contribution >= 4 is 40.2 Å². The number of rotatable bonds is 5. The van der Waals surface area contributed by atoms with Gasteiger partial charge in [-0.1, -0.05) is 48.0 Å². The Kier molecular flexibility index (Phi) is 6.07. The van der Waals surface area contributed by atoms with Crippen LogP contribution in [0.25, 0.3) is 17.0 Å². The number of amides is 1. The Balaban J connectivity index is 1.68. The van der Waals surface area contributed by atoms with E-state index >= 15 is 0 Å². The molecular weight excluding hydrogens is 425 g/mol. The number of anilines is 1. The van der Waals surface area contributed by atoms with Crippen molar-refractivity contribution in [2.24, 2.45) is 0 Å². The average Bonchev–Trinajstić information content (AvgIpc) is 3.13. The SMILES string of the molecule is Cc1ccc(Cl)cc1NC(=O)C(C#N)=Cc1cn(Cc2ccc(F)cc2)c2ccccc12. The van der Waals surface area contributed by atoms with Crippen molar-refractivity contribution in [3.8, 4) is 6.07 Å². The predicted octanol–water partition coefficient (Wildman–Crippen LogP) is 6.34. The summed E-state index contributed by atoms with van der Waals surface area (Å²) in [6.07, 6.45) is 3.47. The number of carbonyl (C=O) groups is 1. The molecule has 0 fully saturated rings. The Morgan fingerprint density at radius 3 is 2.66 bits per heavy atom. The van der Waals surface area contributed by atoms with Crippen molar-refractivity contribution in [3.63, 3.8) is 0 Å². The molecule has 0 radical (unpaired) electrons. The molecule has 1 aromatic heterocycles. The predicted molar refractivity (Wildman–Crippen MR) is 126 cm³/mol. The summed E-state index contributed by atoms with van der Waals surface area (Å²) in [6, 6.07) is 21.3. The Bertz CT molecular complexity index is 1380. The molecule has 4 rings (SSSR count). The number of benzene rings is 3. The fraction of sp³-hybridized carbons (Fsp3) is 0.0769. The van der Waals surface area contributed by atoms with Crippen molar-refractivity contribution in [1.82, 2.24) is 4.57 Å². The first-order valence-corrected chi connectivity index (χ1v) is 10.3. The molecule has 0 saturated carbocycles. The van der Waals surface area contributed by atoms with Crippen LogP contribution in [0.5, 0.6) is 0 Å². The van der Waals surface area contributed by atoms with E-state index in [4.69, 9.17) is 11.6 Å². The number of nitriles is 1. The standard InChI is InChI=1S/C26H19ClFN3O/c1-17-6-9-21(27)13-24(17)30-26(32)19(14-29)12-20-16-31(25-5-3-2-4-23(20)25)15-18-7-10-22(28)11-8-18/h2-13,16H,15H2,1H3,(H,30,32). The van der Waals surface area contributed by atoms with Gasteiger partial charge in [0, 0.05) is 39.9 Å². The van der Waals surface area contributed by atoms with E-state index in [-0.39, 0.29) is 11.4 Å². The van der Waals surface area contributed by atoms with Crippen LogP contribution in [0.15, 0.2) is 78.5 Å². The fourth-order valence-electron chi connectivity index (χ4n) is 3.53. The zero-order valence-electron chi connectivity index (χ0n) is 17.3. The van der Waals surface area contributed by atoms with Gasteiger partial charge >= 0.3 is 0 Å².